The molecule has 2 N–H and O–H groups in total. The second-order valence-corrected chi connectivity index (χ2v) is 5.47. The number of aryl methyl sites for hydroxylation is 3. The quantitative estimate of drug-likeness (QED) is 0.774. The van der Waals surface area contributed by atoms with Gasteiger partial charge in [0.15, 0.2) is 5.65 Å². The van der Waals surface area contributed by atoms with Crippen molar-refractivity contribution in [1.29, 1.82) is 0 Å². The Morgan fingerprint density at radius 2 is 2.11 bits per heavy atom. The molecule has 0 amide bonds. The molecule has 0 aliphatic rings. The standard InChI is InChI=1S/C12H14N6S/c1-4-18-12-8(11(13)14-5-15-12)9(17-18)10-6(2)16-7(3)19-10/h5H,4H2,1-3H3,(H2,13,14,15). The fraction of sp³-hybridized carbons (Fsp3) is 0.333. The van der Waals surface area contributed by atoms with Crippen LogP contribution in [0.1, 0.15) is 17.6 Å². The summed E-state index contributed by atoms with van der Waals surface area (Å²) in [5.41, 5.74) is 8.57. The predicted molar refractivity (Wildman–Crippen MR) is 76.0 cm³/mol. The van der Waals surface area contributed by atoms with E-state index in [1.54, 1.807) is 11.3 Å². The zero-order valence-corrected chi connectivity index (χ0v) is 11.8. The van der Waals surface area contributed by atoms with E-state index in [0.717, 1.165) is 38.9 Å². The third-order valence-electron chi connectivity index (χ3n) is 2.98. The van der Waals surface area contributed by atoms with Crippen LogP contribution in [0.4, 0.5) is 5.82 Å². The molecule has 3 aromatic heterocycles. The Morgan fingerprint density at radius 1 is 1.32 bits per heavy atom. The van der Waals surface area contributed by atoms with Crippen molar-refractivity contribution in [2.45, 2.75) is 27.3 Å². The van der Waals surface area contributed by atoms with Gasteiger partial charge in [-0.2, -0.15) is 5.10 Å². The van der Waals surface area contributed by atoms with E-state index in [-0.39, 0.29) is 0 Å². The summed E-state index contributed by atoms with van der Waals surface area (Å²) in [4.78, 5) is 13.8. The van der Waals surface area contributed by atoms with Gasteiger partial charge in [0, 0.05) is 6.54 Å². The summed E-state index contributed by atoms with van der Waals surface area (Å²) in [6.45, 7) is 6.73. The number of nitrogen functional groups attached to an aromatic ring is 1. The van der Waals surface area contributed by atoms with Crippen molar-refractivity contribution >= 4 is 28.2 Å². The zero-order chi connectivity index (χ0) is 13.6. The molecular weight excluding hydrogens is 260 g/mol. The summed E-state index contributed by atoms with van der Waals surface area (Å²) < 4.78 is 1.84. The molecule has 19 heavy (non-hydrogen) atoms. The van der Waals surface area contributed by atoms with E-state index in [9.17, 15) is 0 Å². The predicted octanol–water partition coefficient (Wildman–Crippen LogP) is 2.17. The number of thiazole rings is 1. The van der Waals surface area contributed by atoms with Gasteiger partial charge in [-0.1, -0.05) is 0 Å². The number of hydrogen-bond acceptors (Lipinski definition) is 6. The summed E-state index contributed by atoms with van der Waals surface area (Å²) in [6, 6.07) is 0. The summed E-state index contributed by atoms with van der Waals surface area (Å²) in [5, 5.41) is 6.45. The normalized spacial score (nSPS) is 11.3. The first-order valence-corrected chi connectivity index (χ1v) is 6.84. The molecule has 0 bridgehead atoms. The van der Waals surface area contributed by atoms with Crippen molar-refractivity contribution in [3.05, 3.63) is 17.0 Å². The van der Waals surface area contributed by atoms with Crippen LogP contribution in [0.2, 0.25) is 0 Å². The monoisotopic (exact) mass is 274 g/mol. The minimum absolute atomic E-state index is 0.463. The van der Waals surface area contributed by atoms with E-state index in [1.165, 1.54) is 6.33 Å². The number of nitrogens with two attached hydrogens (primary N) is 1. The Bertz CT molecular complexity index is 757. The molecule has 0 saturated heterocycles. The van der Waals surface area contributed by atoms with Crippen LogP contribution in [0.25, 0.3) is 21.6 Å². The van der Waals surface area contributed by atoms with Crippen LogP contribution in [-0.4, -0.2) is 24.7 Å². The second kappa shape index (κ2) is 4.27. The first-order chi connectivity index (χ1) is 9.11. The lowest BCUT2D eigenvalue weighted by atomic mass is 10.2. The molecule has 0 radical (unpaired) electrons. The lowest BCUT2D eigenvalue weighted by molar-refractivity contribution is 0.679. The van der Waals surface area contributed by atoms with Crippen molar-refractivity contribution in [3.8, 4) is 10.6 Å². The van der Waals surface area contributed by atoms with Gasteiger partial charge >= 0.3 is 0 Å². The van der Waals surface area contributed by atoms with Crippen LogP contribution in [0, 0.1) is 13.8 Å². The maximum atomic E-state index is 6.00. The summed E-state index contributed by atoms with van der Waals surface area (Å²) in [6.07, 6.45) is 1.47. The number of fused-ring (bicyclic) bond motifs is 1. The number of hydrogen-bond donors (Lipinski definition) is 1. The van der Waals surface area contributed by atoms with Crippen LogP contribution in [0.15, 0.2) is 6.33 Å². The Labute approximate surface area is 114 Å². The molecule has 98 valence electrons. The summed E-state index contributed by atoms with van der Waals surface area (Å²) in [7, 11) is 0. The largest absolute Gasteiger partial charge is 0.383 e. The highest BCUT2D eigenvalue weighted by Gasteiger charge is 2.19. The van der Waals surface area contributed by atoms with Gasteiger partial charge in [-0.25, -0.2) is 19.6 Å². The van der Waals surface area contributed by atoms with Crippen molar-refractivity contribution in [2.75, 3.05) is 5.73 Å². The molecule has 7 heteroatoms. The van der Waals surface area contributed by atoms with Gasteiger partial charge in [0.25, 0.3) is 0 Å². The fourth-order valence-corrected chi connectivity index (χ4v) is 3.07. The Kier molecular flexibility index (Phi) is 2.70. The SMILES string of the molecule is CCn1nc(-c2sc(C)nc2C)c2c(N)ncnc21. The van der Waals surface area contributed by atoms with Crippen molar-refractivity contribution < 1.29 is 0 Å². The van der Waals surface area contributed by atoms with Crippen molar-refractivity contribution in [1.82, 2.24) is 24.7 Å². The molecule has 0 atom stereocenters. The number of nitrogens with zero attached hydrogens (tertiary/aromatic N) is 5. The lowest BCUT2D eigenvalue weighted by Gasteiger charge is -1.97. The van der Waals surface area contributed by atoms with Gasteiger partial charge in [0.1, 0.15) is 17.8 Å². The van der Waals surface area contributed by atoms with Gasteiger partial charge < -0.3 is 5.73 Å². The fourth-order valence-electron chi connectivity index (χ4n) is 2.16. The molecule has 3 rings (SSSR count). The summed E-state index contributed by atoms with van der Waals surface area (Å²) in [5.74, 6) is 0.463. The molecule has 0 unspecified atom stereocenters. The van der Waals surface area contributed by atoms with Gasteiger partial charge in [-0.05, 0) is 20.8 Å². The van der Waals surface area contributed by atoms with E-state index < -0.39 is 0 Å². The van der Waals surface area contributed by atoms with Crippen molar-refractivity contribution in [3.63, 3.8) is 0 Å². The van der Waals surface area contributed by atoms with Gasteiger partial charge in [0.2, 0.25) is 0 Å². The van der Waals surface area contributed by atoms with Crippen LogP contribution in [0.3, 0.4) is 0 Å². The molecule has 3 aromatic rings. The third kappa shape index (κ3) is 1.77. The molecule has 0 fully saturated rings. The average molecular weight is 274 g/mol. The Morgan fingerprint density at radius 3 is 2.74 bits per heavy atom. The molecule has 0 aliphatic carbocycles. The van der Waals surface area contributed by atoms with Gasteiger partial charge in [0.05, 0.1) is 21.0 Å². The van der Waals surface area contributed by atoms with Gasteiger partial charge in [-0.3, -0.25) is 0 Å². The van der Waals surface area contributed by atoms with Crippen LogP contribution >= 0.6 is 11.3 Å². The van der Waals surface area contributed by atoms with E-state index >= 15 is 0 Å². The highest BCUT2D eigenvalue weighted by Crippen LogP contribution is 2.35. The third-order valence-corrected chi connectivity index (χ3v) is 4.06. The van der Waals surface area contributed by atoms with Crippen LogP contribution in [-0.2, 0) is 6.54 Å². The first kappa shape index (κ1) is 12.0. The minimum Gasteiger partial charge on any atom is -0.383 e. The van der Waals surface area contributed by atoms with Gasteiger partial charge in [-0.15, -0.1) is 11.3 Å². The van der Waals surface area contributed by atoms with Crippen molar-refractivity contribution in [2.24, 2.45) is 0 Å². The molecule has 0 saturated carbocycles. The molecule has 6 nitrogen and oxygen atoms in total. The van der Waals surface area contributed by atoms with E-state index in [2.05, 4.69) is 20.1 Å². The van der Waals surface area contributed by atoms with E-state index in [1.807, 2.05) is 25.5 Å². The Balaban J connectivity index is 2.38. The smallest absolute Gasteiger partial charge is 0.163 e. The molecule has 0 aromatic carbocycles. The minimum atomic E-state index is 0.463. The number of rotatable bonds is 2. The molecule has 3 heterocycles. The number of aromatic nitrogens is 5. The van der Waals surface area contributed by atoms with Crippen LogP contribution in [0.5, 0.6) is 0 Å². The second-order valence-electron chi connectivity index (χ2n) is 4.27. The highest BCUT2D eigenvalue weighted by atomic mass is 32.1. The molecule has 0 aliphatic heterocycles. The van der Waals surface area contributed by atoms with E-state index in [0.29, 0.717) is 5.82 Å². The average Bonchev–Trinajstić information content (AvgIpc) is 2.90. The maximum Gasteiger partial charge on any atom is 0.163 e. The lowest BCUT2D eigenvalue weighted by Crippen LogP contribution is -1.98. The molecule has 0 spiro atoms. The Hall–Kier alpha value is -2.02. The number of anilines is 1. The maximum absolute atomic E-state index is 6.00. The summed E-state index contributed by atoms with van der Waals surface area (Å²) >= 11 is 1.62. The van der Waals surface area contributed by atoms with Crippen LogP contribution < -0.4 is 5.73 Å². The topological polar surface area (TPSA) is 82.5 Å². The first-order valence-electron chi connectivity index (χ1n) is 6.03. The highest BCUT2D eigenvalue weighted by molar-refractivity contribution is 7.15. The zero-order valence-electron chi connectivity index (χ0n) is 11.0. The molecular formula is C12H14N6S. The van der Waals surface area contributed by atoms with E-state index in [4.69, 9.17) is 5.73 Å².